The Hall–Kier alpha value is -2.95. The Morgan fingerprint density at radius 3 is 2.15 bits per heavy atom. The Bertz CT molecular complexity index is 820. The van der Waals surface area contributed by atoms with Gasteiger partial charge in [0.05, 0.1) is 7.11 Å². The van der Waals surface area contributed by atoms with Crippen LogP contribution in [0.3, 0.4) is 0 Å². The SMILES string of the molecule is COc1ccc(C(=O)CCCC(=O)Nc2ccc(C(=O)C3CC3)cc2)cc1. The molecule has 0 spiro atoms. The quantitative estimate of drug-likeness (QED) is 0.673. The topological polar surface area (TPSA) is 72.5 Å². The van der Waals surface area contributed by atoms with Crippen LogP contribution in [-0.4, -0.2) is 24.6 Å². The predicted molar refractivity (Wildman–Crippen MR) is 103 cm³/mol. The van der Waals surface area contributed by atoms with E-state index in [-0.39, 0.29) is 29.8 Å². The highest BCUT2D eigenvalue weighted by Crippen LogP contribution is 2.32. The summed E-state index contributed by atoms with van der Waals surface area (Å²) in [4.78, 5) is 36.2. The van der Waals surface area contributed by atoms with Gasteiger partial charge in [-0.15, -0.1) is 0 Å². The lowest BCUT2D eigenvalue weighted by atomic mass is 10.0. The molecular formula is C22H23NO4. The van der Waals surface area contributed by atoms with E-state index in [1.165, 1.54) is 0 Å². The summed E-state index contributed by atoms with van der Waals surface area (Å²) in [6.45, 7) is 0. The second-order valence-electron chi connectivity index (χ2n) is 6.77. The van der Waals surface area contributed by atoms with Gasteiger partial charge in [-0.3, -0.25) is 14.4 Å². The van der Waals surface area contributed by atoms with Gasteiger partial charge in [0.1, 0.15) is 5.75 Å². The van der Waals surface area contributed by atoms with Crippen molar-refractivity contribution in [2.24, 2.45) is 5.92 Å². The molecule has 2 aromatic carbocycles. The average Bonchev–Trinajstić information content (AvgIpc) is 3.53. The Morgan fingerprint density at radius 1 is 0.926 bits per heavy atom. The number of carbonyl (C=O) groups is 3. The standard InChI is InChI=1S/C22H23NO4/c1-27-19-13-9-15(10-14-19)20(24)3-2-4-21(25)23-18-11-7-17(8-12-18)22(26)16-5-6-16/h7-14,16H,2-6H2,1H3,(H,23,25). The highest BCUT2D eigenvalue weighted by atomic mass is 16.5. The van der Waals surface area contributed by atoms with Crippen LogP contribution >= 0.6 is 0 Å². The largest absolute Gasteiger partial charge is 0.497 e. The first-order valence-corrected chi connectivity index (χ1v) is 9.18. The number of methoxy groups -OCH3 is 1. The van der Waals surface area contributed by atoms with Gasteiger partial charge < -0.3 is 10.1 Å². The van der Waals surface area contributed by atoms with Gasteiger partial charge in [0.2, 0.25) is 5.91 Å². The molecule has 0 atom stereocenters. The molecule has 1 N–H and O–H groups in total. The zero-order chi connectivity index (χ0) is 19.2. The monoisotopic (exact) mass is 365 g/mol. The number of benzene rings is 2. The molecule has 0 heterocycles. The minimum atomic E-state index is -0.140. The highest BCUT2D eigenvalue weighted by molar-refractivity contribution is 6.00. The van der Waals surface area contributed by atoms with E-state index >= 15 is 0 Å². The summed E-state index contributed by atoms with van der Waals surface area (Å²) in [5.74, 6) is 0.946. The Balaban J connectivity index is 1.42. The maximum atomic E-state index is 12.1. The molecule has 0 unspecified atom stereocenters. The number of rotatable bonds is 9. The van der Waals surface area contributed by atoms with Crippen molar-refractivity contribution in [3.05, 3.63) is 59.7 Å². The average molecular weight is 365 g/mol. The van der Waals surface area contributed by atoms with Gasteiger partial charge in [0.25, 0.3) is 0 Å². The van der Waals surface area contributed by atoms with Crippen LogP contribution in [0.2, 0.25) is 0 Å². The first-order valence-electron chi connectivity index (χ1n) is 9.18. The number of hydrogen-bond acceptors (Lipinski definition) is 4. The second kappa shape index (κ2) is 8.62. The molecule has 27 heavy (non-hydrogen) atoms. The number of anilines is 1. The maximum absolute atomic E-state index is 12.1. The summed E-state index contributed by atoms with van der Waals surface area (Å²) < 4.78 is 5.07. The highest BCUT2D eigenvalue weighted by Gasteiger charge is 2.30. The molecule has 140 valence electrons. The minimum absolute atomic E-state index is 0.00777. The number of amides is 1. The molecule has 1 aliphatic rings. The zero-order valence-corrected chi connectivity index (χ0v) is 15.4. The lowest BCUT2D eigenvalue weighted by molar-refractivity contribution is -0.116. The van der Waals surface area contributed by atoms with Crippen LogP contribution in [-0.2, 0) is 4.79 Å². The van der Waals surface area contributed by atoms with E-state index in [1.54, 1.807) is 55.6 Å². The Labute approximate surface area is 158 Å². The van der Waals surface area contributed by atoms with Gasteiger partial charge in [-0.1, -0.05) is 0 Å². The van der Waals surface area contributed by atoms with E-state index < -0.39 is 0 Å². The van der Waals surface area contributed by atoms with Crippen molar-refractivity contribution in [1.82, 2.24) is 0 Å². The van der Waals surface area contributed by atoms with E-state index in [0.29, 0.717) is 35.4 Å². The lowest BCUT2D eigenvalue weighted by Gasteiger charge is -2.06. The normalized spacial score (nSPS) is 13.1. The van der Waals surface area contributed by atoms with E-state index in [2.05, 4.69) is 5.32 Å². The third-order valence-corrected chi connectivity index (χ3v) is 4.62. The van der Waals surface area contributed by atoms with Gasteiger partial charge in [0, 0.05) is 35.6 Å². The molecule has 0 saturated heterocycles. The van der Waals surface area contributed by atoms with Gasteiger partial charge in [-0.25, -0.2) is 0 Å². The van der Waals surface area contributed by atoms with Crippen molar-refractivity contribution in [1.29, 1.82) is 0 Å². The van der Waals surface area contributed by atoms with Crippen molar-refractivity contribution >= 4 is 23.2 Å². The molecule has 0 radical (unpaired) electrons. The molecular weight excluding hydrogens is 342 g/mol. The number of ether oxygens (including phenoxy) is 1. The second-order valence-corrected chi connectivity index (χ2v) is 6.77. The molecule has 2 aromatic rings. The van der Waals surface area contributed by atoms with Crippen molar-refractivity contribution in [2.45, 2.75) is 32.1 Å². The van der Waals surface area contributed by atoms with Crippen molar-refractivity contribution in [3.8, 4) is 5.75 Å². The van der Waals surface area contributed by atoms with E-state index in [9.17, 15) is 14.4 Å². The fraction of sp³-hybridized carbons (Fsp3) is 0.318. The molecule has 1 amide bonds. The number of Topliss-reactive ketones (excluding diaryl/α,β-unsaturated/α-hetero) is 2. The summed E-state index contributed by atoms with van der Waals surface area (Å²) in [5.41, 5.74) is 1.97. The minimum Gasteiger partial charge on any atom is -0.497 e. The first-order chi connectivity index (χ1) is 13.1. The summed E-state index contributed by atoms with van der Waals surface area (Å²) in [6, 6.07) is 13.9. The first kappa shape index (κ1) is 18.8. The molecule has 0 aromatic heterocycles. The van der Waals surface area contributed by atoms with Crippen LogP contribution in [0.5, 0.6) is 5.75 Å². The van der Waals surface area contributed by atoms with Crippen LogP contribution in [0.1, 0.15) is 52.8 Å². The zero-order valence-electron chi connectivity index (χ0n) is 15.4. The number of hydrogen-bond donors (Lipinski definition) is 1. The van der Waals surface area contributed by atoms with E-state index in [4.69, 9.17) is 4.74 Å². The van der Waals surface area contributed by atoms with Gasteiger partial charge >= 0.3 is 0 Å². The Morgan fingerprint density at radius 2 is 1.56 bits per heavy atom. The van der Waals surface area contributed by atoms with Gasteiger partial charge in [0.15, 0.2) is 11.6 Å². The summed E-state index contributed by atoms with van der Waals surface area (Å²) in [6.07, 6.45) is 3.02. The van der Waals surface area contributed by atoms with Crippen LogP contribution in [0.4, 0.5) is 5.69 Å². The summed E-state index contributed by atoms with van der Waals surface area (Å²) >= 11 is 0. The van der Waals surface area contributed by atoms with Crippen LogP contribution in [0.15, 0.2) is 48.5 Å². The smallest absolute Gasteiger partial charge is 0.224 e. The lowest BCUT2D eigenvalue weighted by Crippen LogP contribution is -2.12. The molecule has 1 fully saturated rings. The van der Waals surface area contributed by atoms with Crippen molar-refractivity contribution < 1.29 is 19.1 Å². The molecule has 0 bridgehead atoms. The van der Waals surface area contributed by atoms with Crippen LogP contribution in [0, 0.1) is 5.92 Å². The van der Waals surface area contributed by atoms with Gasteiger partial charge in [-0.2, -0.15) is 0 Å². The van der Waals surface area contributed by atoms with Crippen LogP contribution < -0.4 is 10.1 Å². The number of carbonyl (C=O) groups excluding carboxylic acids is 3. The predicted octanol–water partition coefficient (Wildman–Crippen LogP) is 4.28. The van der Waals surface area contributed by atoms with E-state index in [0.717, 1.165) is 12.8 Å². The fourth-order valence-electron chi connectivity index (χ4n) is 2.85. The molecule has 0 aliphatic heterocycles. The fourth-order valence-corrected chi connectivity index (χ4v) is 2.85. The van der Waals surface area contributed by atoms with Crippen LogP contribution in [0.25, 0.3) is 0 Å². The molecule has 1 aliphatic carbocycles. The third-order valence-electron chi connectivity index (χ3n) is 4.62. The van der Waals surface area contributed by atoms with Gasteiger partial charge in [-0.05, 0) is 67.8 Å². The summed E-state index contributed by atoms with van der Waals surface area (Å²) in [5, 5.41) is 2.80. The van der Waals surface area contributed by atoms with Crippen molar-refractivity contribution in [3.63, 3.8) is 0 Å². The van der Waals surface area contributed by atoms with E-state index in [1.807, 2.05) is 0 Å². The van der Waals surface area contributed by atoms with Crippen molar-refractivity contribution in [2.75, 3.05) is 12.4 Å². The molecule has 5 nitrogen and oxygen atoms in total. The maximum Gasteiger partial charge on any atom is 0.224 e. The molecule has 3 rings (SSSR count). The molecule has 5 heteroatoms. The third kappa shape index (κ3) is 5.26. The molecule has 1 saturated carbocycles. The number of nitrogens with one attached hydrogen (secondary N) is 1. The number of ketones is 2. The summed E-state index contributed by atoms with van der Waals surface area (Å²) in [7, 11) is 1.58. The Kier molecular flexibility index (Phi) is 6.01.